The van der Waals surface area contributed by atoms with Crippen molar-refractivity contribution in [1.29, 1.82) is 0 Å². The summed E-state index contributed by atoms with van der Waals surface area (Å²) < 4.78 is 9.61. The van der Waals surface area contributed by atoms with Crippen LogP contribution in [0.4, 0.5) is 0 Å². The maximum atomic E-state index is 9.95. The van der Waals surface area contributed by atoms with Gasteiger partial charge in [0.1, 0.15) is 6.10 Å². The molecule has 1 saturated heterocycles. The third-order valence-electron chi connectivity index (χ3n) is 1.01. The number of ether oxygens (including phenoxy) is 2. The van der Waals surface area contributed by atoms with Gasteiger partial charge in [0.05, 0.1) is 6.61 Å². The van der Waals surface area contributed by atoms with E-state index < -0.39 is 6.29 Å². The van der Waals surface area contributed by atoms with Gasteiger partial charge >= 0.3 is 0 Å². The highest BCUT2D eigenvalue weighted by molar-refractivity contribution is 5.54. The van der Waals surface area contributed by atoms with Gasteiger partial charge in [-0.1, -0.05) is 5.92 Å². The van der Waals surface area contributed by atoms with Gasteiger partial charge in [0, 0.05) is 0 Å². The monoisotopic (exact) mass is 126 g/mol. The number of hydrogen-bond donors (Lipinski definition) is 0. The van der Waals surface area contributed by atoms with Gasteiger partial charge in [0.2, 0.25) is 6.29 Å². The number of carbonyl (C=O) groups excluding carboxylic acids is 1. The van der Waals surface area contributed by atoms with E-state index in [0.717, 1.165) is 0 Å². The zero-order valence-electron chi connectivity index (χ0n) is 4.74. The Morgan fingerprint density at radius 3 is 2.89 bits per heavy atom. The second-order valence-electron chi connectivity index (χ2n) is 1.63. The van der Waals surface area contributed by atoms with Gasteiger partial charge < -0.3 is 9.47 Å². The highest BCUT2D eigenvalue weighted by Gasteiger charge is 2.22. The molecule has 1 aliphatic rings. The molecule has 0 aromatic rings. The van der Waals surface area contributed by atoms with E-state index >= 15 is 0 Å². The average Bonchev–Trinajstić information content (AvgIpc) is 2.34. The molecular formula is C6H6O3. The molecule has 3 heteroatoms. The van der Waals surface area contributed by atoms with Gasteiger partial charge in [-0.25, -0.2) is 0 Å². The van der Waals surface area contributed by atoms with Crippen LogP contribution in [0.2, 0.25) is 0 Å². The van der Waals surface area contributed by atoms with Crippen LogP contribution in [-0.2, 0) is 14.3 Å². The number of terminal acetylenes is 1. The number of aldehydes is 1. The molecule has 0 bridgehead atoms. The topological polar surface area (TPSA) is 35.5 Å². The number of hydrogen-bond acceptors (Lipinski definition) is 3. The van der Waals surface area contributed by atoms with Crippen molar-refractivity contribution in [2.75, 3.05) is 6.61 Å². The van der Waals surface area contributed by atoms with Gasteiger partial charge in [0.15, 0.2) is 6.29 Å². The minimum Gasteiger partial charge on any atom is -0.342 e. The lowest BCUT2D eigenvalue weighted by molar-refractivity contribution is -0.131. The molecular weight excluding hydrogens is 120 g/mol. The van der Waals surface area contributed by atoms with Crippen LogP contribution < -0.4 is 0 Å². The lowest BCUT2D eigenvalue weighted by Crippen LogP contribution is -2.10. The SMILES string of the molecule is C#CC1COC(C=O)O1. The Hall–Kier alpha value is -0.850. The van der Waals surface area contributed by atoms with E-state index in [1.54, 1.807) is 0 Å². The molecule has 2 unspecified atom stereocenters. The summed E-state index contributed by atoms with van der Waals surface area (Å²) in [5, 5.41) is 0. The summed E-state index contributed by atoms with van der Waals surface area (Å²) in [5.41, 5.74) is 0. The lowest BCUT2D eigenvalue weighted by atomic mass is 10.4. The van der Waals surface area contributed by atoms with Gasteiger partial charge in [-0.2, -0.15) is 0 Å². The van der Waals surface area contributed by atoms with E-state index in [4.69, 9.17) is 15.9 Å². The molecule has 0 N–H and O–H groups in total. The van der Waals surface area contributed by atoms with E-state index in [9.17, 15) is 4.79 Å². The van der Waals surface area contributed by atoms with Crippen molar-refractivity contribution in [3.8, 4) is 12.3 Å². The van der Waals surface area contributed by atoms with Gasteiger partial charge in [-0.3, -0.25) is 4.79 Å². The summed E-state index contributed by atoms with van der Waals surface area (Å²) in [6, 6.07) is 0. The van der Waals surface area contributed by atoms with Crippen LogP contribution in [0.1, 0.15) is 0 Å². The van der Waals surface area contributed by atoms with Crippen molar-refractivity contribution >= 4 is 6.29 Å². The Labute approximate surface area is 52.9 Å². The van der Waals surface area contributed by atoms with Crippen LogP contribution in [0.15, 0.2) is 0 Å². The first-order chi connectivity index (χ1) is 4.36. The molecule has 48 valence electrons. The molecule has 0 amide bonds. The fourth-order valence-corrected chi connectivity index (χ4v) is 0.581. The van der Waals surface area contributed by atoms with E-state index in [0.29, 0.717) is 12.9 Å². The highest BCUT2D eigenvalue weighted by atomic mass is 16.7. The summed E-state index contributed by atoms with van der Waals surface area (Å²) in [7, 11) is 0. The second kappa shape index (κ2) is 2.62. The maximum absolute atomic E-state index is 9.95. The van der Waals surface area contributed by atoms with Crippen molar-refractivity contribution < 1.29 is 14.3 Å². The van der Waals surface area contributed by atoms with Crippen molar-refractivity contribution in [1.82, 2.24) is 0 Å². The summed E-state index contributed by atoms with van der Waals surface area (Å²) >= 11 is 0. The molecule has 0 aliphatic carbocycles. The van der Waals surface area contributed by atoms with Crippen LogP contribution in [-0.4, -0.2) is 25.3 Å². The molecule has 2 atom stereocenters. The van der Waals surface area contributed by atoms with Crippen molar-refractivity contribution in [3.63, 3.8) is 0 Å². The number of rotatable bonds is 1. The van der Waals surface area contributed by atoms with Gasteiger partial charge in [-0.05, 0) is 0 Å². The molecule has 1 heterocycles. The Bertz CT molecular complexity index is 147. The van der Waals surface area contributed by atoms with E-state index in [1.807, 2.05) is 0 Å². The predicted octanol–water partition coefficient (Wildman–Crippen LogP) is -0.440. The maximum Gasteiger partial charge on any atom is 0.216 e. The third-order valence-corrected chi connectivity index (χ3v) is 1.01. The van der Waals surface area contributed by atoms with E-state index in [1.165, 1.54) is 0 Å². The highest BCUT2D eigenvalue weighted by Crippen LogP contribution is 2.07. The largest absolute Gasteiger partial charge is 0.342 e. The summed E-state index contributed by atoms with van der Waals surface area (Å²) in [4.78, 5) is 9.95. The van der Waals surface area contributed by atoms with E-state index in [-0.39, 0.29) is 6.10 Å². The minimum atomic E-state index is -0.744. The Kier molecular flexibility index (Phi) is 1.83. The van der Waals surface area contributed by atoms with Crippen molar-refractivity contribution in [2.24, 2.45) is 0 Å². The molecule has 3 nitrogen and oxygen atoms in total. The minimum absolute atomic E-state index is 0.319. The Morgan fingerprint density at radius 1 is 1.78 bits per heavy atom. The van der Waals surface area contributed by atoms with Gasteiger partial charge in [-0.15, -0.1) is 6.42 Å². The normalized spacial score (nSPS) is 33.7. The first-order valence-electron chi connectivity index (χ1n) is 2.55. The van der Waals surface area contributed by atoms with Crippen LogP contribution >= 0.6 is 0 Å². The molecule has 1 rings (SSSR count). The molecule has 0 spiro atoms. The van der Waals surface area contributed by atoms with Crippen LogP contribution in [0, 0.1) is 12.3 Å². The fourth-order valence-electron chi connectivity index (χ4n) is 0.581. The average molecular weight is 126 g/mol. The summed E-state index contributed by atoms with van der Waals surface area (Å²) in [5.74, 6) is 2.32. The Balaban J connectivity index is 2.39. The molecule has 0 radical (unpaired) electrons. The molecule has 9 heavy (non-hydrogen) atoms. The predicted molar refractivity (Wildman–Crippen MR) is 29.5 cm³/mol. The second-order valence-corrected chi connectivity index (χ2v) is 1.63. The first-order valence-corrected chi connectivity index (χ1v) is 2.55. The van der Waals surface area contributed by atoms with Crippen LogP contribution in [0.25, 0.3) is 0 Å². The molecule has 0 aromatic carbocycles. The molecule has 0 saturated carbocycles. The first kappa shape index (κ1) is 6.27. The summed E-state index contributed by atoms with van der Waals surface area (Å²) in [6.45, 7) is 0.319. The zero-order chi connectivity index (χ0) is 6.69. The molecule has 1 aliphatic heterocycles. The van der Waals surface area contributed by atoms with Crippen molar-refractivity contribution in [2.45, 2.75) is 12.4 Å². The summed E-state index contributed by atoms with van der Waals surface area (Å²) in [6.07, 6.45) is 4.47. The standard InChI is InChI=1S/C6H6O3/c1-2-5-4-8-6(3-7)9-5/h1,3,5-6H,4H2. The lowest BCUT2D eigenvalue weighted by Gasteiger charge is -1.97. The quantitative estimate of drug-likeness (QED) is 0.353. The number of carbonyl (C=O) groups is 1. The zero-order valence-corrected chi connectivity index (χ0v) is 4.74. The Morgan fingerprint density at radius 2 is 2.56 bits per heavy atom. The smallest absolute Gasteiger partial charge is 0.216 e. The molecule has 1 fully saturated rings. The van der Waals surface area contributed by atoms with E-state index in [2.05, 4.69) is 5.92 Å². The molecule has 0 aromatic heterocycles. The fraction of sp³-hybridized carbons (Fsp3) is 0.500. The van der Waals surface area contributed by atoms with Crippen LogP contribution in [0.3, 0.4) is 0 Å². The van der Waals surface area contributed by atoms with Crippen molar-refractivity contribution in [3.05, 3.63) is 0 Å². The van der Waals surface area contributed by atoms with Gasteiger partial charge in [0.25, 0.3) is 0 Å². The third kappa shape index (κ3) is 1.28. The van der Waals surface area contributed by atoms with Crippen LogP contribution in [0.5, 0.6) is 0 Å².